The minimum atomic E-state index is -0.193. The maximum Gasteiger partial charge on any atom is 0.137 e. The molecule has 2 nitrogen and oxygen atoms in total. The van der Waals surface area contributed by atoms with Crippen LogP contribution >= 0.6 is 0 Å². The number of para-hydroxylation sites is 1. The Bertz CT molecular complexity index is 2390. The van der Waals surface area contributed by atoms with Gasteiger partial charge in [-0.1, -0.05) is 111 Å². The van der Waals surface area contributed by atoms with Crippen LogP contribution in [-0.2, 0) is 5.41 Å². The molecule has 7 aromatic rings. The van der Waals surface area contributed by atoms with Crippen LogP contribution in [0.25, 0.3) is 55.0 Å². The molecule has 9 rings (SSSR count). The highest BCUT2D eigenvalue weighted by Gasteiger charge is 2.37. The second-order valence-electron chi connectivity index (χ2n) is 13.6. The molecule has 46 heavy (non-hydrogen) atoms. The maximum absolute atomic E-state index is 6.74. The van der Waals surface area contributed by atoms with E-state index in [9.17, 15) is 0 Å². The van der Waals surface area contributed by atoms with Crippen molar-refractivity contribution in [2.75, 3.05) is 4.90 Å². The summed E-state index contributed by atoms with van der Waals surface area (Å²) in [4.78, 5) is 2.43. The van der Waals surface area contributed by atoms with E-state index in [0.29, 0.717) is 0 Å². The largest absolute Gasteiger partial charge is 0.456 e. The van der Waals surface area contributed by atoms with Crippen LogP contribution < -0.4 is 4.90 Å². The third-order valence-corrected chi connectivity index (χ3v) is 10.4. The van der Waals surface area contributed by atoms with Crippen molar-refractivity contribution in [2.24, 2.45) is 0 Å². The van der Waals surface area contributed by atoms with Gasteiger partial charge in [-0.2, -0.15) is 0 Å². The first kappa shape index (κ1) is 27.0. The van der Waals surface area contributed by atoms with Gasteiger partial charge in [0.1, 0.15) is 11.2 Å². The van der Waals surface area contributed by atoms with E-state index in [0.717, 1.165) is 39.7 Å². The summed E-state index contributed by atoms with van der Waals surface area (Å²) in [5.41, 5.74) is 11.8. The Labute approximate surface area is 269 Å². The highest BCUT2D eigenvalue weighted by Crippen LogP contribution is 2.54. The van der Waals surface area contributed by atoms with Gasteiger partial charge in [0.2, 0.25) is 0 Å². The Balaban J connectivity index is 1.24. The van der Waals surface area contributed by atoms with Crippen LogP contribution in [0.5, 0.6) is 0 Å². The topological polar surface area (TPSA) is 16.4 Å². The van der Waals surface area contributed by atoms with Crippen LogP contribution in [0.2, 0.25) is 0 Å². The van der Waals surface area contributed by atoms with Crippen molar-refractivity contribution in [3.8, 4) is 22.3 Å². The summed E-state index contributed by atoms with van der Waals surface area (Å²) in [5.74, 6) is 0. The summed E-state index contributed by atoms with van der Waals surface area (Å²) in [5, 5.41) is 4.82. The molecule has 2 aliphatic rings. The number of rotatable bonds is 4. The first-order chi connectivity index (χ1) is 22.4. The van der Waals surface area contributed by atoms with E-state index in [1.54, 1.807) is 0 Å². The van der Waals surface area contributed by atoms with E-state index in [2.05, 4.69) is 171 Å². The molecule has 0 spiro atoms. The molecule has 2 aliphatic carbocycles. The molecule has 0 fully saturated rings. The fraction of sp³-hybridized carbons (Fsp3) is 0.136. The van der Waals surface area contributed by atoms with Crippen molar-refractivity contribution >= 4 is 44.1 Å². The summed E-state index contributed by atoms with van der Waals surface area (Å²) in [6.45, 7) is 7.01. The number of benzene rings is 6. The minimum Gasteiger partial charge on any atom is -0.456 e. The third kappa shape index (κ3) is 3.89. The zero-order valence-electron chi connectivity index (χ0n) is 26.4. The monoisotopic (exact) mass is 593 g/mol. The molecule has 0 bridgehead atoms. The zero-order valence-corrected chi connectivity index (χ0v) is 26.4. The lowest BCUT2D eigenvalue weighted by Gasteiger charge is -2.41. The van der Waals surface area contributed by atoms with Crippen molar-refractivity contribution in [2.45, 2.75) is 38.1 Å². The maximum atomic E-state index is 6.74. The number of hydrogen-bond donors (Lipinski definition) is 0. The van der Waals surface area contributed by atoms with Gasteiger partial charge in [-0.05, 0) is 100.0 Å². The van der Waals surface area contributed by atoms with Crippen LogP contribution in [0.1, 0.15) is 38.3 Å². The predicted molar refractivity (Wildman–Crippen MR) is 194 cm³/mol. The molecule has 6 aromatic carbocycles. The number of allylic oxidation sites excluding steroid dienone is 2. The van der Waals surface area contributed by atoms with Crippen molar-refractivity contribution in [1.29, 1.82) is 0 Å². The molecule has 0 saturated carbocycles. The Hall–Kier alpha value is -5.34. The van der Waals surface area contributed by atoms with E-state index < -0.39 is 0 Å². The third-order valence-electron chi connectivity index (χ3n) is 10.4. The van der Waals surface area contributed by atoms with Crippen LogP contribution in [0.15, 0.2) is 150 Å². The standard InChI is InChI=1S/C44H35NO/c1-43(2)37-19-11-10-18-36(37)42-38(43)26-29-14-8-9-17-33(29)41(42)30-20-22-34-35-23-21-32(28-40(35)46-39(34)27-30)45(31-15-6-4-7-16-31)44(3)24-12-5-13-25-44/h4-24,26-28H,25H2,1-3H3. The molecule has 1 atom stereocenters. The highest BCUT2D eigenvalue weighted by molar-refractivity contribution is 6.11. The molecule has 0 saturated heterocycles. The highest BCUT2D eigenvalue weighted by atomic mass is 16.3. The summed E-state index contributed by atoms with van der Waals surface area (Å²) < 4.78 is 6.74. The van der Waals surface area contributed by atoms with E-state index in [1.807, 2.05) is 0 Å². The van der Waals surface area contributed by atoms with Gasteiger partial charge in [-0.25, -0.2) is 0 Å². The first-order valence-electron chi connectivity index (χ1n) is 16.2. The van der Waals surface area contributed by atoms with Gasteiger partial charge in [0.25, 0.3) is 0 Å². The van der Waals surface area contributed by atoms with Crippen LogP contribution in [0, 0.1) is 0 Å². The van der Waals surface area contributed by atoms with E-state index in [-0.39, 0.29) is 11.0 Å². The van der Waals surface area contributed by atoms with Gasteiger partial charge in [0.15, 0.2) is 0 Å². The average Bonchev–Trinajstić information content (AvgIpc) is 3.55. The number of fused-ring (bicyclic) bond motifs is 7. The van der Waals surface area contributed by atoms with Crippen LogP contribution in [0.3, 0.4) is 0 Å². The number of furan rings is 1. The molecule has 2 heteroatoms. The molecular weight excluding hydrogens is 558 g/mol. The van der Waals surface area contributed by atoms with Crippen molar-refractivity contribution in [3.05, 3.63) is 157 Å². The summed E-state index contributed by atoms with van der Waals surface area (Å²) in [6.07, 6.45) is 9.77. The second kappa shape index (κ2) is 9.83. The first-order valence-corrected chi connectivity index (χ1v) is 16.2. The zero-order chi connectivity index (χ0) is 31.0. The van der Waals surface area contributed by atoms with Gasteiger partial charge < -0.3 is 9.32 Å². The van der Waals surface area contributed by atoms with Gasteiger partial charge in [0.05, 0.1) is 5.54 Å². The minimum absolute atomic E-state index is 0.0743. The molecule has 0 amide bonds. The lowest BCUT2D eigenvalue weighted by Crippen LogP contribution is -2.42. The van der Waals surface area contributed by atoms with Crippen molar-refractivity contribution in [3.63, 3.8) is 0 Å². The van der Waals surface area contributed by atoms with Gasteiger partial charge in [0, 0.05) is 33.6 Å². The molecule has 1 heterocycles. The lowest BCUT2D eigenvalue weighted by atomic mass is 9.80. The SMILES string of the molecule is CC1(C)c2ccccc2-c2c1cc1ccccc1c2-c1ccc2c(c1)oc1cc(N(c3ccccc3)C3(C)C=CC=CC3)ccc12. The average molecular weight is 594 g/mol. The Morgan fingerprint density at radius 2 is 1.33 bits per heavy atom. The summed E-state index contributed by atoms with van der Waals surface area (Å²) >= 11 is 0. The predicted octanol–water partition coefficient (Wildman–Crippen LogP) is 12.1. The smallest absolute Gasteiger partial charge is 0.137 e. The van der Waals surface area contributed by atoms with Gasteiger partial charge in [-0.15, -0.1) is 0 Å². The molecule has 0 aliphatic heterocycles. The fourth-order valence-electron chi connectivity index (χ4n) is 8.07. The van der Waals surface area contributed by atoms with Crippen molar-refractivity contribution in [1.82, 2.24) is 0 Å². The second-order valence-corrected chi connectivity index (χ2v) is 13.6. The number of hydrogen-bond acceptors (Lipinski definition) is 2. The number of nitrogens with zero attached hydrogens (tertiary/aromatic N) is 1. The molecule has 222 valence electrons. The molecular formula is C44H35NO. The van der Waals surface area contributed by atoms with Gasteiger partial charge >= 0.3 is 0 Å². The normalized spacial score (nSPS) is 17.9. The molecule has 1 unspecified atom stereocenters. The fourth-order valence-corrected chi connectivity index (χ4v) is 8.07. The summed E-state index contributed by atoms with van der Waals surface area (Å²) in [7, 11) is 0. The molecule has 0 radical (unpaired) electrons. The van der Waals surface area contributed by atoms with Gasteiger partial charge in [-0.3, -0.25) is 0 Å². The van der Waals surface area contributed by atoms with Crippen LogP contribution in [0.4, 0.5) is 11.4 Å². The summed E-state index contributed by atoms with van der Waals surface area (Å²) in [6, 6.07) is 44.3. The van der Waals surface area contributed by atoms with E-state index >= 15 is 0 Å². The lowest BCUT2D eigenvalue weighted by molar-refractivity contribution is 0.570. The Kier molecular flexibility index (Phi) is 5.77. The molecule has 1 aromatic heterocycles. The Morgan fingerprint density at radius 3 is 2.15 bits per heavy atom. The quantitative estimate of drug-likeness (QED) is 0.202. The number of anilines is 2. The van der Waals surface area contributed by atoms with Crippen LogP contribution in [-0.4, -0.2) is 5.54 Å². The van der Waals surface area contributed by atoms with Crippen molar-refractivity contribution < 1.29 is 4.42 Å². The van der Waals surface area contributed by atoms with E-state index in [1.165, 1.54) is 44.2 Å². The van der Waals surface area contributed by atoms with E-state index in [4.69, 9.17) is 4.42 Å². The molecule has 0 N–H and O–H groups in total. The Morgan fingerprint density at radius 1 is 0.587 bits per heavy atom.